The summed E-state index contributed by atoms with van der Waals surface area (Å²) in [4.78, 5) is 5.45. The molecule has 0 spiro atoms. The highest BCUT2D eigenvalue weighted by atomic mass is 16.5. The molecule has 2 saturated heterocycles. The lowest BCUT2D eigenvalue weighted by Gasteiger charge is -2.50. The molecule has 6 heteroatoms. The maximum atomic E-state index is 5.49. The number of ether oxygens (including phenoxy) is 2. The summed E-state index contributed by atoms with van der Waals surface area (Å²) in [6.45, 7) is 9.42. The molecule has 0 radical (unpaired) electrons. The van der Waals surface area contributed by atoms with Gasteiger partial charge in [-0.25, -0.2) is 0 Å². The van der Waals surface area contributed by atoms with E-state index in [1.54, 1.807) is 0 Å². The fraction of sp³-hybridized carbons (Fsp3) is 1.00. The van der Waals surface area contributed by atoms with Gasteiger partial charge in [0.15, 0.2) is 0 Å². The van der Waals surface area contributed by atoms with Crippen molar-refractivity contribution in [3.8, 4) is 0 Å². The Labute approximate surface area is 165 Å². The van der Waals surface area contributed by atoms with Gasteiger partial charge in [-0.3, -0.25) is 9.80 Å². The van der Waals surface area contributed by atoms with E-state index < -0.39 is 0 Å². The average Bonchev–Trinajstić information content (AvgIpc) is 2.52. The molecule has 4 atom stereocenters. The molecule has 0 unspecified atom stereocenters. The Hall–Kier alpha value is -0.240. The first kappa shape index (κ1) is 20.0. The van der Waals surface area contributed by atoms with E-state index in [0.29, 0.717) is 36.4 Å². The Bertz CT molecular complexity index is 439. The Morgan fingerprint density at radius 3 is 1.48 bits per heavy atom. The zero-order valence-electron chi connectivity index (χ0n) is 17.7. The highest BCUT2D eigenvalue weighted by Gasteiger charge is 2.40. The monoisotopic (exact) mass is 380 g/mol. The minimum atomic E-state index is 0.492. The van der Waals surface area contributed by atoms with Gasteiger partial charge in [0.1, 0.15) is 0 Å². The number of methoxy groups -OCH3 is 2. The fourth-order valence-corrected chi connectivity index (χ4v) is 5.72. The molecule has 4 aliphatic rings. The average molecular weight is 381 g/mol. The number of nitrogens with zero attached hydrogens (tertiary/aromatic N) is 2. The summed E-state index contributed by atoms with van der Waals surface area (Å²) in [5.41, 5.74) is 0. The van der Waals surface area contributed by atoms with Gasteiger partial charge in [0.25, 0.3) is 0 Å². The van der Waals surface area contributed by atoms with Crippen molar-refractivity contribution in [1.82, 2.24) is 20.4 Å². The molecule has 0 aromatic heterocycles. The van der Waals surface area contributed by atoms with Crippen LogP contribution in [0.2, 0.25) is 0 Å². The van der Waals surface area contributed by atoms with Gasteiger partial charge in [0.05, 0.1) is 12.2 Å². The molecule has 2 aliphatic heterocycles. The second-order valence-electron chi connectivity index (χ2n) is 9.64. The molecule has 0 bridgehead atoms. The van der Waals surface area contributed by atoms with E-state index in [0.717, 1.165) is 12.1 Å². The van der Waals surface area contributed by atoms with E-state index in [2.05, 4.69) is 34.3 Å². The van der Waals surface area contributed by atoms with Crippen LogP contribution >= 0.6 is 0 Å². The maximum absolute atomic E-state index is 5.49. The molecule has 2 heterocycles. The quantitative estimate of drug-likeness (QED) is 0.719. The van der Waals surface area contributed by atoms with Crippen molar-refractivity contribution in [2.45, 2.75) is 94.4 Å². The molecule has 2 saturated carbocycles. The SMILES string of the molecule is CO[C@H]1C[C@H](N2C[C@@H](C[C@H]3CN([C@H]4C[C@H](OC)C4)C[C@H](C)N3)N[C@H](C)C2)C1. The molecule has 2 N–H and O–H groups in total. The lowest BCUT2D eigenvalue weighted by Crippen LogP contribution is -2.65. The van der Waals surface area contributed by atoms with Crippen molar-refractivity contribution in [3.63, 3.8) is 0 Å². The highest BCUT2D eigenvalue weighted by Crippen LogP contribution is 2.31. The fourth-order valence-electron chi connectivity index (χ4n) is 5.72. The molecular formula is C21H40N4O2. The van der Waals surface area contributed by atoms with Crippen LogP contribution in [0.5, 0.6) is 0 Å². The van der Waals surface area contributed by atoms with Gasteiger partial charge >= 0.3 is 0 Å². The minimum Gasteiger partial charge on any atom is -0.381 e. The van der Waals surface area contributed by atoms with Crippen LogP contribution in [-0.2, 0) is 9.47 Å². The molecule has 2 aliphatic carbocycles. The van der Waals surface area contributed by atoms with Crippen LogP contribution in [0, 0.1) is 0 Å². The van der Waals surface area contributed by atoms with Crippen LogP contribution in [0.1, 0.15) is 46.0 Å². The lowest BCUT2D eigenvalue weighted by atomic mass is 9.85. The van der Waals surface area contributed by atoms with Gasteiger partial charge in [-0.2, -0.15) is 0 Å². The normalized spacial score (nSPS) is 46.7. The van der Waals surface area contributed by atoms with Gasteiger partial charge in [-0.15, -0.1) is 0 Å². The van der Waals surface area contributed by atoms with Crippen molar-refractivity contribution < 1.29 is 9.47 Å². The molecule has 0 aromatic rings. The Kier molecular flexibility index (Phi) is 6.41. The van der Waals surface area contributed by atoms with E-state index in [1.165, 1.54) is 58.3 Å². The predicted octanol–water partition coefficient (Wildman–Crippen LogP) is 1.06. The summed E-state index contributed by atoms with van der Waals surface area (Å²) in [5, 5.41) is 7.75. The third kappa shape index (κ3) is 4.68. The van der Waals surface area contributed by atoms with Crippen molar-refractivity contribution >= 4 is 0 Å². The van der Waals surface area contributed by atoms with E-state index in [4.69, 9.17) is 9.47 Å². The number of rotatable bonds is 6. The van der Waals surface area contributed by atoms with Gasteiger partial charge in [0.2, 0.25) is 0 Å². The van der Waals surface area contributed by atoms with E-state index >= 15 is 0 Å². The van der Waals surface area contributed by atoms with Crippen molar-refractivity contribution in [2.24, 2.45) is 0 Å². The van der Waals surface area contributed by atoms with Crippen LogP contribution in [0.3, 0.4) is 0 Å². The van der Waals surface area contributed by atoms with E-state index in [9.17, 15) is 0 Å². The smallest absolute Gasteiger partial charge is 0.0601 e. The van der Waals surface area contributed by atoms with Crippen LogP contribution in [-0.4, -0.2) is 98.7 Å². The standard InChI is InChI=1S/C21H40N4O2/c1-14-10-24(18-6-20(7-18)26-3)12-16(22-14)5-17-13-25(11-15(2)23-17)19-8-21(9-19)27-4/h14-23H,5-13H2,1-4H3/t14-,15+,16-,17+,18-,19-,20-,21-. The zero-order valence-corrected chi connectivity index (χ0v) is 17.7. The second-order valence-corrected chi connectivity index (χ2v) is 9.64. The number of piperazine rings is 2. The predicted molar refractivity (Wildman–Crippen MR) is 108 cm³/mol. The first-order chi connectivity index (χ1) is 13.0. The second kappa shape index (κ2) is 8.64. The molecule has 4 rings (SSSR count). The topological polar surface area (TPSA) is 49.0 Å². The van der Waals surface area contributed by atoms with Crippen LogP contribution < -0.4 is 10.6 Å². The summed E-state index contributed by atoms with van der Waals surface area (Å²) in [6, 6.07) is 3.81. The third-order valence-corrected chi connectivity index (χ3v) is 7.38. The summed E-state index contributed by atoms with van der Waals surface area (Å²) >= 11 is 0. The van der Waals surface area contributed by atoms with Crippen LogP contribution in [0.4, 0.5) is 0 Å². The van der Waals surface area contributed by atoms with Gasteiger partial charge in [0, 0.05) is 76.6 Å². The van der Waals surface area contributed by atoms with Crippen LogP contribution in [0.25, 0.3) is 0 Å². The highest BCUT2D eigenvalue weighted by molar-refractivity contribution is 4.98. The van der Waals surface area contributed by atoms with Crippen molar-refractivity contribution in [3.05, 3.63) is 0 Å². The molecule has 0 amide bonds. The minimum absolute atomic E-state index is 0.492. The van der Waals surface area contributed by atoms with Crippen molar-refractivity contribution in [2.75, 3.05) is 40.4 Å². The molecule has 27 heavy (non-hydrogen) atoms. The molecule has 156 valence electrons. The summed E-state index contributed by atoms with van der Waals surface area (Å²) < 4.78 is 11.0. The zero-order chi connectivity index (χ0) is 19.0. The summed E-state index contributed by atoms with van der Waals surface area (Å²) in [5.74, 6) is 0. The van der Waals surface area contributed by atoms with Crippen LogP contribution in [0.15, 0.2) is 0 Å². The van der Waals surface area contributed by atoms with Gasteiger partial charge in [-0.05, 0) is 46.0 Å². The Morgan fingerprint density at radius 1 is 0.704 bits per heavy atom. The molecule has 4 fully saturated rings. The largest absolute Gasteiger partial charge is 0.381 e. The third-order valence-electron chi connectivity index (χ3n) is 7.38. The van der Waals surface area contributed by atoms with E-state index in [1.807, 2.05) is 14.2 Å². The number of hydrogen-bond donors (Lipinski definition) is 2. The number of hydrogen-bond acceptors (Lipinski definition) is 6. The summed E-state index contributed by atoms with van der Waals surface area (Å²) in [7, 11) is 3.70. The molecular weight excluding hydrogens is 340 g/mol. The lowest BCUT2D eigenvalue weighted by molar-refractivity contribution is -0.0460. The molecule has 6 nitrogen and oxygen atoms in total. The number of nitrogens with one attached hydrogen (secondary N) is 2. The van der Waals surface area contributed by atoms with E-state index in [-0.39, 0.29) is 0 Å². The van der Waals surface area contributed by atoms with Gasteiger partial charge in [-0.1, -0.05) is 0 Å². The first-order valence-corrected chi connectivity index (χ1v) is 11.1. The first-order valence-electron chi connectivity index (χ1n) is 11.1. The Balaban J connectivity index is 1.28. The van der Waals surface area contributed by atoms with Crippen molar-refractivity contribution in [1.29, 1.82) is 0 Å². The Morgan fingerprint density at radius 2 is 1.11 bits per heavy atom. The summed E-state index contributed by atoms with van der Waals surface area (Å²) in [6.07, 6.45) is 7.06. The molecule has 0 aromatic carbocycles. The maximum Gasteiger partial charge on any atom is 0.0601 e. The van der Waals surface area contributed by atoms with Gasteiger partial charge < -0.3 is 20.1 Å².